The Bertz CT molecular complexity index is 1030. The molecule has 0 bridgehead atoms. The molecule has 1 aliphatic carbocycles. The van der Waals surface area contributed by atoms with Crippen molar-refractivity contribution < 1.29 is 14.4 Å². The summed E-state index contributed by atoms with van der Waals surface area (Å²) in [5.41, 5.74) is 5.28. The lowest BCUT2D eigenvalue weighted by atomic mass is 10.1. The van der Waals surface area contributed by atoms with Gasteiger partial charge in [0.1, 0.15) is 5.82 Å². The fraction of sp³-hybridized carbons (Fsp3) is 0.478. The Morgan fingerprint density at radius 1 is 1.07 bits per heavy atom. The van der Waals surface area contributed by atoms with Crippen LogP contribution in [0.5, 0.6) is 11.5 Å². The molecule has 7 heteroatoms. The molecule has 0 amide bonds. The summed E-state index contributed by atoms with van der Waals surface area (Å²) >= 11 is 0. The molecule has 0 fully saturated rings. The zero-order chi connectivity index (χ0) is 21.1. The van der Waals surface area contributed by atoms with Crippen LogP contribution in [0.4, 0.5) is 5.82 Å². The van der Waals surface area contributed by atoms with Gasteiger partial charge in [-0.05, 0) is 51.3 Å². The number of nitrogens with one attached hydrogen (secondary N) is 2. The monoisotopic (exact) mass is 410 g/mol. The molecular formula is C23H32N5O2+. The number of hydrogen-bond acceptors (Lipinski definition) is 5. The number of fused-ring (bicyclic) bond motifs is 2. The summed E-state index contributed by atoms with van der Waals surface area (Å²) in [4.78, 5) is 6.51. The highest BCUT2D eigenvalue weighted by Gasteiger charge is 2.22. The van der Waals surface area contributed by atoms with Gasteiger partial charge in [0.25, 0.3) is 0 Å². The van der Waals surface area contributed by atoms with Crippen molar-refractivity contribution in [3.8, 4) is 22.8 Å². The second-order valence-electron chi connectivity index (χ2n) is 7.74. The first-order valence-corrected chi connectivity index (χ1v) is 10.9. The first-order chi connectivity index (χ1) is 14.7. The molecule has 0 saturated heterocycles. The van der Waals surface area contributed by atoms with E-state index in [9.17, 15) is 0 Å². The zero-order valence-corrected chi connectivity index (χ0v) is 18.4. The van der Waals surface area contributed by atoms with Crippen LogP contribution >= 0.6 is 0 Å². The summed E-state index contributed by atoms with van der Waals surface area (Å²) in [5.74, 6) is 2.51. The van der Waals surface area contributed by atoms with Gasteiger partial charge >= 0.3 is 0 Å². The van der Waals surface area contributed by atoms with E-state index >= 15 is 0 Å². The highest BCUT2D eigenvalue weighted by atomic mass is 16.5. The second-order valence-corrected chi connectivity index (χ2v) is 7.74. The number of nitrogens with zero attached hydrogens (tertiary/aromatic N) is 3. The number of aromatic nitrogens is 3. The largest absolute Gasteiger partial charge is 0.493 e. The third-order valence-electron chi connectivity index (χ3n) is 6.08. The third kappa shape index (κ3) is 3.81. The molecule has 3 aromatic rings. The van der Waals surface area contributed by atoms with E-state index in [-0.39, 0.29) is 0 Å². The molecular weight excluding hydrogens is 378 g/mol. The summed E-state index contributed by atoms with van der Waals surface area (Å²) < 4.78 is 12.8. The quantitative estimate of drug-likeness (QED) is 0.566. The van der Waals surface area contributed by atoms with Crippen molar-refractivity contribution >= 4 is 11.5 Å². The molecule has 4 rings (SSSR count). The molecule has 1 aliphatic rings. The fourth-order valence-electron chi connectivity index (χ4n) is 4.27. The zero-order valence-electron chi connectivity index (χ0n) is 18.4. The number of methoxy groups -OCH3 is 2. The van der Waals surface area contributed by atoms with Crippen molar-refractivity contribution in [2.75, 3.05) is 45.7 Å². The molecule has 0 spiro atoms. The molecule has 0 aliphatic heterocycles. The predicted octanol–water partition coefficient (Wildman–Crippen LogP) is 2.24. The van der Waals surface area contributed by atoms with E-state index in [0.29, 0.717) is 11.5 Å². The van der Waals surface area contributed by atoms with E-state index in [1.807, 2.05) is 22.7 Å². The summed E-state index contributed by atoms with van der Waals surface area (Å²) in [7, 11) is 3.29. The van der Waals surface area contributed by atoms with Crippen LogP contribution in [0.1, 0.15) is 31.5 Å². The molecule has 2 heterocycles. The smallest absolute Gasteiger partial charge is 0.161 e. The SMILES string of the molecule is CC[NH+](CC)CCNc1c2c(nc3cc(-c4ccc(OC)c(OC)c4)nn13)CCC2. The normalized spacial score (nSPS) is 13.1. The van der Waals surface area contributed by atoms with Crippen LogP contribution < -0.4 is 19.7 Å². The van der Waals surface area contributed by atoms with Crippen LogP contribution in [0, 0.1) is 0 Å². The number of hydrogen-bond donors (Lipinski definition) is 2. The Labute approximate surface area is 178 Å². The maximum Gasteiger partial charge on any atom is 0.161 e. The standard InChI is InChI=1S/C23H31N5O2/c1-5-27(6-2)13-12-24-23-17-8-7-9-18(17)25-22-15-19(26-28(22)23)16-10-11-20(29-3)21(14-16)30-4/h10-11,14-15,24H,5-9,12-13H2,1-4H3/p+1. The second kappa shape index (κ2) is 8.92. The average Bonchev–Trinajstić information content (AvgIpc) is 3.42. The van der Waals surface area contributed by atoms with Crippen molar-refractivity contribution in [3.63, 3.8) is 0 Å². The van der Waals surface area contributed by atoms with Gasteiger partial charge in [0.2, 0.25) is 0 Å². The Kier molecular flexibility index (Phi) is 6.08. The van der Waals surface area contributed by atoms with Crippen molar-refractivity contribution in [1.29, 1.82) is 0 Å². The summed E-state index contributed by atoms with van der Waals surface area (Å²) in [5, 5.41) is 8.61. The van der Waals surface area contributed by atoms with Crippen molar-refractivity contribution in [1.82, 2.24) is 14.6 Å². The number of aryl methyl sites for hydroxylation is 1. The van der Waals surface area contributed by atoms with Crippen molar-refractivity contribution in [2.45, 2.75) is 33.1 Å². The molecule has 1 aromatic carbocycles. The van der Waals surface area contributed by atoms with Gasteiger partial charge in [-0.25, -0.2) is 4.98 Å². The molecule has 160 valence electrons. The Morgan fingerprint density at radius 2 is 1.87 bits per heavy atom. The maximum absolute atomic E-state index is 5.47. The number of benzene rings is 1. The molecule has 30 heavy (non-hydrogen) atoms. The van der Waals surface area contributed by atoms with E-state index in [4.69, 9.17) is 19.6 Å². The van der Waals surface area contributed by atoms with Gasteiger partial charge in [0.05, 0.1) is 46.1 Å². The lowest BCUT2D eigenvalue weighted by Crippen LogP contribution is -3.12. The number of ether oxygens (including phenoxy) is 2. The number of rotatable bonds is 9. The predicted molar refractivity (Wildman–Crippen MR) is 119 cm³/mol. The first-order valence-electron chi connectivity index (χ1n) is 10.9. The van der Waals surface area contributed by atoms with Gasteiger partial charge in [-0.3, -0.25) is 0 Å². The molecule has 2 N–H and O–H groups in total. The molecule has 0 unspecified atom stereocenters. The van der Waals surface area contributed by atoms with Crippen LogP contribution in [0.2, 0.25) is 0 Å². The summed E-state index contributed by atoms with van der Waals surface area (Å²) in [6.07, 6.45) is 3.26. The summed E-state index contributed by atoms with van der Waals surface area (Å²) in [6.45, 7) is 8.79. The number of anilines is 1. The number of likely N-dealkylation sites (N-methyl/N-ethyl adjacent to an activating group) is 1. The van der Waals surface area contributed by atoms with Crippen molar-refractivity contribution in [3.05, 3.63) is 35.5 Å². The van der Waals surface area contributed by atoms with Gasteiger partial charge in [-0.1, -0.05) is 0 Å². The third-order valence-corrected chi connectivity index (χ3v) is 6.08. The molecule has 0 radical (unpaired) electrons. The number of quaternary nitrogens is 1. The van der Waals surface area contributed by atoms with E-state index in [2.05, 4.69) is 25.2 Å². The van der Waals surface area contributed by atoms with E-state index in [1.54, 1.807) is 19.1 Å². The van der Waals surface area contributed by atoms with Crippen LogP contribution in [0.15, 0.2) is 24.3 Å². The minimum atomic E-state index is 0.697. The average molecular weight is 411 g/mol. The Hall–Kier alpha value is -2.80. The minimum Gasteiger partial charge on any atom is -0.493 e. The molecule has 0 atom stereocenters. The lowest BCUT2D eigenvalue weighted by Gasteiger charge is -2.17. The topological polar surface area (TPSA) is 65.1 Å². The van der Waals surface area contributed by atoms with Crippen LogP contribution in [0.25, 0.3) is 16.9 Å². The highest BCUT2D eigenvalue weighted by molar-refractivity contribution is 5.69. The van der Waals surface area contributed by atoms with Crippen LogP contribution in [-0.2, 0) is 12.8 Å². The molecule has 0 saturated carbocycles. The Balaban J connectivity index is 1.70. The van der Waals surface area contributed by atoms with Gasteiger partial charge in [-0.2, -0.15) is 9.61 Å². The first kappa shape index (κ1) is 20.5. The van der Waals surface area contributed by atoms with E-state index < -0.39 is 0 Å². The summed E-state index contributed by atoms with van der Waals surface area (Å²) in [6, 6.07) is 7.94. The van der Waals surface area contributed by atoms with Crippen LogP contribution in [-0.4, -0.2) is 55.0 Å². The lowest BCUT2D eigenvalue weighted by molar-refractivity contribution is -0.894. The van der Waals surface area contributed by atoms with E-state index in [1.165, 1.54) is 11.3 Å². The highest BCUT2D eigenvalue weighted by Crippen LogP contribution is 2.34. The van der Waals surface area contributed by atoms with Crippen LogP contribution in [0.3, 0.4) is 0 Å². The van der Waals surface area contributed by atoms with E-state index in [0.717, 1.165) is 68.2 Å². The van der Waals surface area contributed by atoms with Gasteiger partial charge in [0, 0.05) is 22.9 Å². The van der Waals surface area contributed by atoms with Gasteiger partial charge in [-0.15, -0.1) is 0 Å². The maximum atomic E-state index is 5.47. The fourth-order valence-corrected chi connectivity index (χ4v) is 4.27. The molecule has 2 aromatic heterocycles. The van der Waals surface area contributed by atoms with Gasteiger partial charge < -0.3 is 19.7 Å². The minimum absolute atomic E-state index is 0.697. The Morgan fingerprint density at radius 3 is 2.60 bits per heavy atom. The molecule has 7 nitrogen and oxygen atoms in total. The van der Waals surface area contributed by atoms with Gasteiger partial charge in [0.15, 0.2) is 17.1 Å². The van der Waals surface area contributed by atoms with Crippen molar-refractivity contribution in [2.24, 2.45) is 0 Å².